The summed E-state index contributed by atoms with van der Waals surface area (Å²) >= 11 is 0. The van der Waals surface area contributed by atoms with E-state index in [1.807, 2.05) is 42.5 Å². The number of Topliss-reactive ketones (excluding diaryl/α,β-unsaturated/α-hetero) is 1. The van der Waals surface area contributed by atoms with Crippen LogP contribution < -0.4 is 20.7 Å². The first-order valence-corrected chi connectivity index (χ1v) is 12.1. The van der Waals surface area contributed by atoms with Gasteiger partial charge in [0, 0.05) is 13.0 Å². The molecule has 192 valence electrons. The van der Waals surface area contributed by atoms with Gasteiger partial charge in [0.2, 0.25) is 11.8 Å². The maximum Gasteiger partial charge on any atom is 0.243 e. The largest absolute Gasteiger partial charge is 0.497 e. The smallest absolute Gasteiger partial charge is 0.243 e. The summed E-state index contributed by atoms with van der Waals surface area (Å²) in [5, 5.41) is 8.87. The van der Waals surface area contributed by atoms with E-state index in [-0.39, 0.29) is 24.7 Å². The highest BCUT2D eigenvalue weighted by Gasteiger charge is 2.50. The van der Waals surface area contributed by atoms with Crippen molar-refractivity contribution in [3.05, 3.63) is 65.7 Å². The van der Waals surface area contributed by atoms with E-state index in [1.54, 1.807) is 26.2 Å². The maximum absolute atomic E-state index is 13.5. The Labute approximate surface area is 210 Å². The average Bonchev–Trinajstić information content (AvgIpc) is 3.67. The topological polar surface area (TPSA) is 118 Å². The minimum absolute atomic E-state index is 0.184. The van der Waals surface area contributed by atoms with E-state index in [2.05, 4.69) is 16.0 Å². The summed E-state index contributed by atoms with van der Waals surface area (Å²) in [6.07, 6.45) is 0.570. The van der Waals surface area contributed by atoms with Crippen LogP contribution in [-0.4, -0.2) is 74.8 Å². The highest BCUT2D eigenvalue weighted by atomic mass is 16.6. The minimum atomic E-state index is -0.898. The lowest BCUT2D eigenvalue weighted by atomic mass is 9.94. The normalized spacial score (nSPS) is 22.7. The van der Waals surface area contributed by atoms with E-state index < -0.39 is 29.6 Å². The van der Waals surface area contributed by atoms with Crippen LogP contribution in [0, 0.1) is 0 Å². The second kappa shape index (κ2) is 11.6. The Morgan fingerprint density at radius 1 is 1.03 bits per heavy atom. The Balaban J connectivity index is 1.52. The number of ether oxygens (including phenoxy) is 3. The molecule has 36 heavy (non-hydrogen) atoms. The summed E-state index contributed by atoms with van der Waals surface area (Å²) in [7, 11) is 1.58. The lowest BCUT2D eigenvalue weighted by molar-refractivity contribution is -0.134. The number of ketones is 1. The van der Waals surface area contributed by atoms with Gasteiger partial charge in [0.15, 0.2) is 5.78 Å². The monoisotopic (exact) mass is 495 g/mol. The molecule has 2 saturated heterocycles. The maximum atomic E-state index is 13.5. The highest BCUT2D eigenvalue weighted by molar-refractivity contribution is 5.98. The molecule has 2 aliphatic heterocycles. The molecule has 2 aliphatic rings. The Morgan fingerprint density at radius 2 is 1.69 bits per heavy atom. The lowest BCUT2D eigenvalue weighted by Crippen LogP contribution is -2.58. The van der Waals surface area contributed by atoms with Gasteiger partial charge in [-0.3, -0.25) is 14.4 Å². The fourth-order valence-corrected chi connectivity index (χ4v) is 4.16. The van der Waals surface area contributed by atoms with Gasteiger partial charge < -0.3 is 30.2 Å². The van der Waals surface area contributed by atoms with Gasteiger partial charge in [-0.2, -0.15) is 0 Å². The van der Waals surface area contributed by atoms with E-state index in [1.165, 1.54) is 0 Å². The zero-order valence-corrected chi connectivity index (χ0v) is 20.6. The highest BCUT2D eigenvalue weighted by Crippen LogP contribution is 2.29. The molecule has 0 aliphatic carbocycles. The molecule has 2 amide bonds. The minimum Gasteiger partial charge on any atom is -0.497 e. The van der Waals surface area contributed by atoms with Gasteiger partial charge in [0.1, 0.15) is 23.4 Å². The van der Waals surface area contributed by atoms with Gasteiger partial charge in [-0.05, 0) is 36.6 Å². The number of carbonyl (C=O) groups is 3. The summed E-state index contributed by atoms with van der Waals surface area (Å²) < 4.78 is 16.0. The number of morpholine rings is 1. The number of methoxy groups -OCH3 is 1. The Morgan fingerprint density at radius 3 is 2.31 bits per heavy atom. The van der Waals surface area contributed by atoms with Crippen molar-refractivity contribution >= 4 is 17.6 Å². The van der Waals surface area contributed by atoms with Crippen LogP contribution in [0.1, 0.15) is 18.1 Å². The Hall–Kier alpha value is -3.27. The zero-order valence-electron chi connectivity index (χ0n) is 20.6. The number of nitrogens with one attached hydrogen (secondary N) is 3. The first kappa shape index (κ1) is 25.8. The van der Waals surface area contributed by atoms with Crippen LogP contribution in [0.15, 0.2) is 54.6 Å². The van der Waals surface area contributed by atoms with Crippen molar-refractivity contribution in [2.45, 2.75) is 43.5 Å². The van der Waals surface area contributed by atoms with Gasteiger partial charge >= 0.3 is 0 Å². The lowest BCUT2D eigenvalue weighted by Gasteiger charge is -2.27. The summed E-state index contributed by atoms with van der Waals surface area (Å²) in [6.45, 7) is 3.37. The Kier molecular flexibility index (Phi) is 8.35. The van der Waals surface area contributed by atoms with Crippen molar-refractivity contribution in [2.75, 3.05) is 33.5 Å². The van der Waals surface area contributed by atoms with E-state index in [0.29, 0.717) is 31.9 Å². The molecule has 0 aromatic heterocycles. The van der Waals surface area contributed by atoms with Crippen molar-refractivity contribution in [3.63, 3.8) is 0 Å². The molecular weight excluding hydrogens is 462 g/mol. The fourth-order valence-electron chi connectivity index (χ4n) is 4.16. The zero-order chi connectivity index (χ0) is 25.5. The fraction of sp³-hybridized carbons (Fsp3) is 0.444. The molecule has 2 fully saturated rings. The van der Waals surface area contributed by atoms with Gasteiger partial charge in [-0.25, -0.2) is 0 Å². The SMILES string of the molecule is COc1ccc(CC(NC(=O)C2COCCN2)C(=O)N[C@@H](Cc2ccccc2)C(=O)C2(C)CO2)cc1. The Bertz CT molecular complexity index is 1050. The molecular formula is C27H33N3O6. The molecule has 2 aromatic rings. The van der Waals surface area contributed by atoms with Gasteiger partial charge in [0.05, 0.1) is 33.0 Å². The van der Waals surface area contributed by atoms with Crippen LogP contribution in [0.2, 0.25) is 0 Å². The molecule has 3 N–H and O–H groups in total. The number of hydrogen-bond donors (Lipinski definition) is 3. The standard InChI is InChI=1S/C27H33N3O6/c1-27(17-36-27)24(31)21(14-18-6-4-3-5-7-18)29-25(32)22(15-19-8-10-20(34-2)11-9-19)30-26(33)23-16-35-13-12-28-23/h3-11,21-23,28H,12-17H2,1-2H3,(H,29,32)(H,30,33)/t21-,22?,23?,27?/m0/s1. The van der Waals surface area contributed by atoms with E-state index in [0.717, 1.165) is 11.1 Å². The van der Waals surface area contributed by atoms with Crippen molar-refractivity contribution in [3.8, 4) is 5.75 Å². The molecule has 0 spiro atoms. The summed E-state index contributed by atoms with van der Waals surface area (Å²) in [6, 6.07) is 14.6. The first-order chi connectivity index (χ1) is 17.4. The third-order valence-electron chi connectivity index (χ3n) is 6.48. The predicted molar refractivity (Wildman–Crippen MR) is 133 cm³/mol. The quantitative estimate of drug-likeness (QED) is 0.395. The summed E-state index contributed by atoms with van der Waals surface area (Å²) in [4.78, 5) is 39.7. The van der Waals surface area contributed by atoms with Crippen LogP contribution in [0.25, 0.3) is 0 Å². The van der Waals surface area contributed by atoms with Crippen LogP contribution in [0.4, 0.5) is 0 Å². The van der Waals surface area contributed by atoms with Crippen LogP contribution in [0.3, 0.4) is 0 Å². The molecule has 0 saturated carbocycles. The first-order valence-electron chi connectivity index (χ1n) is 12.1. The number of benzene rings is 2. The van der Waals surface area contributed by atoms with Gasteiger partial charge in [-0.1, -0.05) is 42.5 Å². The second-order valence-corrected chi connectivity index (χ2v) is 9.33. The van der Waals surface area contributed by atoms with E-state index in [9.17, 15) is 14.4 Å². The van der Waals surface area contributed by atoms with Crippen molar-refractivity contribution in [1.82, 2.24) is 16.0 Å². The average molecular weight is 496 g/mol. The number of amides is 2. The molecule has 0 radical (unpaired) electrons. The molecule has 4 atom stereocenters. The third-order valence-corrected chi connectivity index (χ3v) is 6.48. The van der Waals surface area contributed by atoms with Crippen LogP contribution in [0.5, 0.6) is 5.75 Å². The van der Waals surface area contributed by atoms with Crippen molar-refractivity contribution in [1.29, 1.82) is 0 Å². The number of hydrogen-bond acceptors (Lipinski definition) is 7. The van der Waals surface area contributed by atoms with Crippen LogP contribution >= 0.6 is 0 Å². The van der Waals surface area contributed by atoms with E-state index >= 15 is 0 Å². The van der Waals surface area contributed by atoms with Gasteiger partial charge in [0.25, 0.3) is 0 Å². The molecule has 3 unspecified atom stereocenters. The van der Waals surface area contributed by atoms with E-state index in [4.69, 9.17) is 14.2 Å². The molecule has 2 aromatic carbocycles. The number of epoxide rings is 1. The van der Waals surface area contributed by atoms with Crippen molar-refractivity contribution in [2.24, 2.45) is 0 Å². The molecule has 9 nitrogen and oxygen atoms in total. The molecule has 9 heteroatoms. The third kappa shape index (κ3) is 6.69. The summed E-state index contributed by atoms with van der Waals surface area (Å²) in [5.41, 5.74) is 0.859. The van der Waals surface area contributed by atoms with Crippen molar-refractivity contribution < 1.29 is 28.6 Å². The number of carbonyl (C=O) groups excluding carboxylic acids is 3. The second-order valence-electron chi connectivity index (χ2n) is 9.33. The number of rotatable bonds is 11. The summed E-state index contributed by atoms with van der Waals surface area (Å²) in [5.74, 6) is -0.253. The predicted octanol–water partition coefficient (Wildman–Crippen LogP) is 0.796. The van der Waals surface area contributed by atoms with Gasteiger partial charge in [-0.15, -0.1) is 0 Å². The van der Waals surface area contributed by atoms with Crippen LogP contribution in [-0.2, 0) is 36.7 Å². The molecule has 4 rings (SSSR count). The molecule has 2 heterocycles. The molecule has 0 bridgehead atoms.